The van der Waals surface area contributed by atoms with E-state index in [1.807, 2.05) is 20.8 Å². The third-order valence-electron chi connectivity index (χ3n) is 2.28. The summed E-state index contributed by atoms with van der Waals surface area (Å²) in [6.07, 6.45) is -0.220. The van der Waals surface area contributed by atoms with E-state index in [1.54, 1.807) is 21.3 Å². The molecular formula is C10H23NO3. The molecular weight excluding hydrogens is 182 g/mol. The molecule has 1 N–H and O–H groups in total. The molecule has 0 aromatic heterocycles. The first-order chi connectivity index (χ1) is 6.46. The quantitative estimate of drug-likeness (QED) is 0.630. The fourth-order valence-electron chi connectivity index (χ4n) is 1.08. The van der Waals surface area contributed by atoms with E-state index in [-0.39, 0.29) is 17.9 Å². The van der Waals surface area contributed by atoms with Crippen molar-refractivity contribution in [3.8, 4) is 0 Å². The number of nitrogens with one attached hydrogen (secondary N) is 1. The van der Waals surface area contributed by atoms with Crippen LogP contribution in [-0.2, 0) is 14.2 Å². The maximum Gasteiger partial charge on any atom is 0.171 e. The molecule has 0 aromatic carbocycles. The lowest BCUT2D eigenvalue weighted by Gasteiger charge is -2.28. The summed E-state index contributed by atoms with van der Waals surface area (Å²) in [5.74, 6) is 0. The van der Waals surface area contributed by atoms with Gasteiger partial charge in [-0.15, -0.1) is 0 Å². The number of ether oxygens (including phenoxy) is 3. The van der Waals surface area contributed by atoms with Gasteiger partial charge in [-0.1, -0.05) is 0 Å². The van der Waals surface area contributed by atoms with Crippen LogP contribution in [0.1, 0.15) is 20.8 Å². The molecule has 14 heavy (non-hydrogen) atoms. The lowest BCUT2D eigenvalue weighted by molar-refractivity contribution is -0.121. The molecule has 0 aliphatic heterocycles. The molecule has 0 aromatic rings. The lowest BCUT2D eigenvalue weighted by atomic mass is 10.1. The van der Waals surface area contributed by atoms with Crippen LogP contribution in [-0.4, -0.2) is 45.8 Å². The Morgan fingerprint density at radius 1 is 1.14 bits per heavy atom. The largest absolute Gasteiger partial charge is 0.377 e. The molecule has 0 heterocycles. The van der Waals surface area contributed by atoms with Gasteiger partial charge in [-0.25, -0.2) is 0 Å². The van der Waals surface area contributed by atoms with Gasteiger partial charge < -0.3 is 19.5 Å². The Morgan fingerprint density at radius 2 is 1.64 bits per heavy atom. The van der Waals surface area contributed by atoms with E-state index in [1.165, 1.54) is 0 Å². The molecule has 4 heteroatoms. The summed E-state index contributed by atoms with van der Waals surface area (Å²) in [5.41, 5.74) is -0.166. The number of hydrogen-bond acceptors (Lipinski definition) is 4. The summed E-state index contributed by atoms with van der Waals surface area (Å²) in [6.45, 7) is 6.83. The summed E-state index contributed by atoms with van der Waals surface area (Å²) in [4.78, 5) is 0. The first-order valence-corrected chi connectivity index (χ1v) is 4.81. The van der Waals surface area contributed by atoms with E-state index < -0.39 is 0 Å². The number of hydrogen-bond donors (Lipinski definition) is 1. The molecule has 0 radical (unpaired) electrons. The van der Waals surface area contributed by atoms with Crippen LogP contribution in [0, 0.1) is 0 Å². The average Bonchev–Trinajstić information content (AvgIpc) is 2.17. The van der Waals surface area contributed by atoms with Gasteiger partial charge in [0.25, 0.3) is 0 Å². The molecule has 86 valence electrons. The molecule has 4 nitrogen and oxygen atoms in total. The Bertz CT molecular complexity index is 146. The second kappa shape index (κ2) is 6.35. The van der Waals surface area contributed by atoms with Crippen molar-refractivity contribution in [3.05, 3.63) is 0 Å². The smallest absolute Gasteiger partial charge is 0.171 e. The molecule has 0 fully saturated rings. The van der Waals surface area contributed by atoms with Crippen molar-refractivity contribution >= 4 is 0 Å². The highest BCUT2D eigenvalue weighted by Gasteiger charge is 2.20. The molecule has 0 saturated carbocycles. The highest BCUT2D eigenvalue weighted by Crippen LogP contribution is 2.06. The van der Waals surface area contributed by atoms with Crippen LogP contribution >= 0.6 is 0 Å². The predicted octanol–water partition coefficient (Wildman–Crippen LogP) is 1.01. The van der Waals surface area contributed by atoms with E-state index in [9.17, 15) is 0 Å². The maximum absolute atomic E-state index is 5.29. The monoisotopic (exact) mass is 205 g/mol. The molecule has 0 bridgehead atoms. The Morgan fingerprint density at radius 3 is 2.00 bits per heavy atom. The van der Waals surface area contributed by atoms with E-state index in [2.05, 4.69) is 5.32 Å². The van der Waals surface area contributed by atoms with Crippen molar-refractivity contribution in [2.75, 3.05) is 27.9 Å². The fraction of sp³-hybridized carbons (Fsp3) is 1.00. The normalized spacial score (nSPS) is 14.8. The van der Waals surface area contributed by atoms with Crippen LogP contribution < -0.4 is 5.32 Å². The van der Waals surface area contributed by atoms with Gasteiger partial charge >= 0.3 is 0 Å². The predicted molar refractivity (Wildman–Crippen MR) is 56.4 cm³/mol. The Kier molecular flexibility index (Phi) is 6.27. The van der Waals surface area contributed by atoms with Gasteiger partial charge in [-0.3, -0.25) is 0 Å². The van der Waals surface area contributed by atoms with Crippen molar-refractivity contribution in [1.29, 1.82) is 0 Å². The van der Waals surface area contributed by atoms with Crippen molar-refractivity contribution in [1.82, 2.24) is 5.32 Å². The second-order valence-electron chi connectivity index (χ2n) is 3.97. The summed E-state index contributed by atoms with van der Waals surface area (Å²) < 4.78 is 15.6. The lowest BCUT2D eigenvalue weighted by Crippen LogP contribution is -2.46. The molecule has 1 atom stereocenters. The first-order valence-electron chi connectivity index (χ1n) is 4.81. The van der Waals surface area contributed by atoms with Gasteiger partial charge in [-0.05, 0) is 20.8 Å². The van der Waals surface area contributed by atoms with Gasteiger partial charge in [-0.2, -0.15) is 0 Å². The Balaban J connectivity index is 3.88. The van der Waals surface area contributed by atoms with Gasteiger partial charge in [0.1, 0.15) is 0 Å². The van der Waals surface area contributed by atoms with Crippen LogP contribution in [0.2, 0.25) is 0 Å². The Hall–Kier alpha value is -0.160. The van der Waals surface area contributed by atoms with Crippen molar-refractivity contribution in [3.63, 3.8) is 0 Å². The summed E-state index contributed by atoms with van der Waals surface area (Å²) in [7, 11) is 4.97. The standard InChI is InChI=1S/C10H23NO3/c1-8(9(12-4)13-5)11-7-10(2,3)14-6/h8-9,11H,7H2,1-6H3. The van der Waals surface area contributed by atoms with Crippen LogP contribution in [0.4, 0.5) is 0 Å². The van der Waals surface area contributed by atoms with Gasteiger partial charge in [0.05, 0.1) is 11.6 Å². The maximum atomic E-state index is 5.29. The van der Waals surface area contributed by atoms with Gasteiger partial charge in [0.15, 0.2) is 6.29 Å². The van der Waals surface area contributed by atoms with Gasteiger partial charge in [0, 0.05) is 27.9 Å². The van der Waals surface area contributed by atoms with Crippen LogP contribution in [0.5, 0.6) is 0 Å². The highest BCUT2D eigenvalue weighted by molar-refractivity contribution is 4.75. The van der Waals surface area contributed by atoms with Crippen molar-refractivity contribution < 1.29 is 14.2 Å². The summed E-state index contributed by atoms with van der Waals surface area (Å²) in [5, 5.41) is 3.30. The minimum absolute atomic E-state index is 0.138. The SMILES string of the molecule is COC(OC)C(C)NCC(C)(C)OC. The third-order valence-corrected chi connectivity index (χ3v) is 2.28. The summed E-state index contributed by atoms with van der Waals surface area (Å²) in [6, 6.07) is 0.138. The van der Waals surface area contributed by atoms with Crippen molar-refractivity contribution in [2.24, 2.45) is 0 Å². The third kappa shape index (κ3) is 4.91. The number of methoxy groups -OCH3 is 3. The van der Waals surface area contributed by atoms with Crippen LogP contribution in [0.3, 0.4) is 0 Å². The Labute approximate surface area is 86.9 Å². The zero-order valence-corrected chi connectivity index (χ0v) is 10.1. The molecule has 0 aliphatic carbocycles. The van der Waals surface area contributed by atoms with Crippen LogP contribution in [0.25, 0.3) is 0 Å². The highest BCUT2D eigenvalue weighted by atomic mass is 16.7. The van der Waals surface area contributed by atoms with E-state index in [4.69, 9.17) is 14.2 Å². The zero-order valence-electron chi connectivity index (χ0n) is 10.1. The van der Waals surface area contributed by atoms with E-state index in [0.717, 1.165) is 6.54 Å². The van der Waals surface area contributed by atoms with Crippen molar-refractivity contribution in [2.45, 2.75) is 38.7 Å². The molecule has 0 rings (SSSR count). The molecule has 0 saturated heterocycles. The zero-order chi connectivity index (χ0) is 11.2. The summed E-state index contributed by atoms with van der Waals surface area (Å²) >= 11 is 0. The fourth-order valence-corrected chi connectivity index (χ4v) is 1.08. The first kappa shape index (κ1) is 13.8. The average molecular weight is 205 g/mol. The minimum Gasteiger partial charge on any atom is -0.377 e. The van der Waals surface area contributed by atoms with E-state index >= 15 is 0 Å². The topological polar surface area (TPSA) is 39.7 Å². The molecule has 1 unspecified atom stereocenters. The molecule has 0 aliphatic rings. The number of rotatable bonds is 7. The molecule has 0 spiro atoms. The van der Waals surface area contributed by atoms with Gasteiger partial charge in [0.2, 0.25) is 0 Å². The second-order valence-corrected chi connectivity index (χ2v) is 3.97. The minimum atomic E-state index is -0.220. The molecule has 0 amide bonds. The van der Waals surface area contributed by atoms with Crippen LogP contribution in [0.15, 0.2) is 0 Å². The van der Waals surface area contributed by atoms with E-state index in [0.29, 0.717) is 0 Å².